The summed E-state index contributed by atoms with van der Waals surface area (Å²) in [4.78, 5) is 15.0. The van der Waals surface area contributed by atoms with Gasteiger partial charge in [-0.3, -0.25) is 4.79 Å². The number of carbonyl (C=O) groups is 1. The van der Waals surface area contributed by atoms with Gasteiger partial charge in [-0.2, -0.15) is 4.31 Å². The predicted molar refractivity (Wildman–Crippen MR) is 115 cm³/mol. The Morgan fingerprint density at radius 1 is 1.23 bits per heavy atom. The van der Waals surface area contributed by atoms with Crippen LogP contribution in [0.5, 0.6) is 5.75 Å². The van der Waals surface area contributed by atoms with Crippen LogP contribution in [0.3, 0.4) is 0 Å². The zero-order valence-electron chi connectivity index (χ0n) is 18.2. The lowest BCUT2D eigenvalue weighted by atomic mass is 10.2. The van der Waals surface area contributed by atoms with Crippen LogP contribution < -0.4 is 4.74 Å². The number of nitrogens with zero attached hydrogens (tertiary/aromatic N) is 2. The Morgan fingerprint density at radius 3 is 2.52 bits per heavy atom. The third-order valence-corrected chi connectivity index (χ3v) is 7.30. The summed E-state index contributed by atoms with van der Waals surface area (Å²) in [5.74, 6) is 0.908. The number of carbonyl (C=O) groups excluding carboxylic acids is 1. The summed E-state index contributed by atoms with van der Waals surface area (Å²) in [6.07, 6.45) is 3.33. The number of hydrogen-bond donors (Lipinski definition) is 0. The SMILES string of the molecule is COc1ccc(S(=O)(=O)N(CC(=O)N(Cc2ccco2)CC2CCCO2)C(C)C)cc1. The molecule has 0 aliphatic carbocycles. The van der Waals surface area contributed by atoms with Crippen LogP contribution in [-0.4, -0.2) is 62.5 Å². The highest BCUT2D eigenvalue weighted by molar-refractivity contribution is 7.89. The van der Waals surface area contributed by atoms with Crippen molar-refractivity contribution in [2.45, 2.75) is 50.3 Å². The van der Waals surface area contributed by atoms with E-state index < -0.39 is 16.1 Å². The van der Waals surface area contributed by atoms with Crippen molar-refractivity contribution in [2.24, 2.45) is 0 Å². The van der Waals surface area contributed by atoms with Crippen LogP contribution in [0.15, 0.2) is 52.0 Å². The second kappa shape index (κ2) is 10.3. The van der Waals surface area contributed by atoms with E-state index in [2.05, 4.69) is 0 Å². The molecule has 9 heteroatoms. The number of hydrogen-bond acceptors (Lipinski definition) is 6. The van der Waals surface area contributed by atoms with E-state index in [1.165, 1.54) is 23.5 Å². The molecule has 1 aromatic heterocycles. The normalized spacial score (nSPS) is 16.7. The molecule has 2 aromatic rings. The van der Waals surface area contributed by atoms with Gasteiger partial charge in [0, 0.05) is 19.2 Å². The van der Waals surface area contributed by atoms with E-state index in [1.807, 2.05) is 0 Å². The Hall–Kier alpha value is -2.36. The monoisotopic (exact) mass is 450 g/mol. The number of benzene rings is 1. The molecule has 1 amide bonds. The highest BCUT2D eigenvalue weighted by Crippen LogP contribution is 2.22. The quantitative estimate of drug-likeness (QED) is 0.553. The van der Waals surface area contributed by atoms with Gasteiger partial charge in [-0.15, -0.1) is 0 Å². The van der Waals surface area contributed by atoms with Gasteiger partial charge in [-0.1, -0.05) is 0 Å². The fourth-order valence-corrected chi connectivity index (χ4v) is 5.13. The molecule has 170 valence electrons. The van der Waals surface area contributed by atoms with Crippen LogP contribution in [0.4, 0.5) is 0 Å². The summed E-state index contributed by atoms with van der Waals surface area (Å²) < 4.78 is 44.0. The first kappa shape index (κ1) is 23.3. The van der Waals surface area contributed by atoms with Gasteiger partial charge in [0.15, 0.2) is 0 Å². The molecule has 0 saturated carbocycles. The van der Waals surface area contributed by atoms with Gasteiger partial charge in [0.2, 0.25) is 15.9 Å². The van der Waals surface area contributed by atoms with Crippen molar-refractivity contribution in [1.82, 2.24) is 9.21 Å². The van der Waals surface area contributed by atoms with Crippen molar-refractivity contribution in [2.75, 3.05) is 26.8 Å². The maximum Gasteiger partial charge on any atom is 0.243 e. The predicted octanol–water partition coefficient (Wildman–Crippen LogP) is 2.90. The van der Waals surface area contributed by atoms with Crippen LogP contribution in [0.25, 0.3) is 0 Å². The highest BCUT2D eigenvalue weighted by atomic mass is 32.2. The van der Waals surface area contributed by atoms with E-state index in [0.29, 0.717) is 24.7 Å². The molecule has 0 bridgehead atoms. The Labute approximate surface area is 183 Å². The Kier molecular flexibility index (Phi) is 7.74. The number of sulfonamides is 1. The van der Waals surface area contributed by atoms with Gasteiger partial charge in [0.1, 0.15) is 11.5 Å². The van der Waals surface area contributed by atoms with Gasteiger partial charge in [0.05, 0.1) is 37.5 Å². The average Bonchev–Trinajstić information content (AvgIpc) is 3.45. The summed E-state index contributed by atoms with van der Waals surface area (Å²) >= 11 is 0. The largest absolute Gasteiger partial charge is 0.497 e. The van der Waals surface area contributed by atoms with E-state index in [1.54, 1.807) is 49.3 Å². The summed E-state index contributed by atoms with van der Waals surface area (Å²) in [6, 6.07) is 9.32. The van der Waals surface area contributed by atoms with Crippen LogP contribution >= 0.6 is 0 Å². The smallest absolute Gasteiger partial charge is 0.243 e. The average molecular weight is 451 g/mol. The zero-order valence-corrected chi connectivity index (χ0v) is 19.0. The van der Waals surface area contributed by atoms with Crippen molar-refractivity contribution in [1.29, 1.82) is 0 Å². The Bertz CT molecular complexity index is 935. The van der Waals surface area contributed by atoms with E-state index in [9.17, 15) is 13.2 Å². The van der Waals surface area contributed by atoms with E-state index in [0.717, 1.165) is 12.8 Å². The molecule has 31 heavy (non-hydrogen) atoms. The molecular formula is C22H30N2O6S. The number of furan rings is 1. The van der Waals surface area contributed by atoms with Crippen molar-refractivity contribution in [3.63, 3.8) is 0 Å². The van der Waals surface area contributed by atoms with Gasteiger partial charge in [-0.05, 0) is 63.1 Å². The second-order valence-corrected chi connectivity index (χ2v) is 9.70. The number of amides is 1. The first-order valence-corrected chi connectivity index (χ1v) is 11.8. The van der Waals surface area contributed by atoms with Crippen molar-refractivity contribution in [3.05, 3.63) is 48.4 Å². The fraction of sp³-hybridized carbons (Fsp3) is 0.500. The van der Waals surface area contributed by atoms with E-state index in [4.69, 9.17) is 13.9 Å². The fourth-order valence-electron chi connectivity index (χ4n) is 3.54. The maximum atomic E-state index is 13.3. The molecule has 1 aromatic carbocycles. The third kappa shape index (κ3) is 5.87. The van der Waals surface area contributed by atoms with Gasteiger partial charge in [0.25, 0.3) is 0 Å². The molecule has 0 radical (unpaired) electrons. The zero-order chi connectivity index (χ0) is 22.4. The molecule has 2 heterocycles. The first-order chi connectivity index (χ1) is 14.8. The second-order valence-electron chi connectivity index (χ2n) is 7.81. The third-order valence-electron chi connectivity index (χ3n) is 5.26. The number of methoxy groups -OCH3 is 1. The minimum Gasteiger partial charge on any atom is -0.497 e. The topological polar surface area (TPSA) is 89.3 Å². The summed E-state index contributed by atoms with van der Waals surface area (Å²) in [5, 5.41) is 0. The standard InChI is InChI=1S/C22H30N2O6S/c1-17(2)24(31(26,27)21-10-8-18(28-3)9-11-21)16-22(25)23(14-19-6-4-12-29-19)15-20-7-5-13-30-20/h4,6,8-12,17,20H,5,7,13-16H2,1-3H3. The Balaban J connectivity index is 1.79. The maximum absolute atomic E-state index is 13.3. The van der Waals surface area contributed by atoms with Gasteiger partial charge in [-0.25, -0.2) is 8.42 Å². The van der Waals surface area contributed by atoms with Crippen LogP contribution in [-0.2, 0) is 26.1 Å². The summed E-state index contributed by atoms with van der Waals surface area (Å²) in [5.41, 5.74) is 0. The molecule has 1 unspecified atom stereocenters. The minimum atomic E-state index is -3.87. The van der Waals surface area contributed by atoms with Crippen LogP contribution in [0, 0.1) is 0 Å². The Morgan fingerprint density at radius 2 is 1.97 bits per heavy atom. The van der Waals surface area contributed by atoms with Crippen molar-refractivity contribution < 1.29 is 27.1 Å². The summed E-state index contributed by atoms with van der Waals surface area (Å²) in [6.45, 7) is 4.59. The minimum absolute atomic E-state index is 0.0513. The van der Waals surface area contributed by atoms with Gasteiger partial charge >= 0.3 is 0 Å². The van der Waals surface area contributed by atoms with E-state index >= 15 is 0 Å². The van der Waals surface area contributed by atoms with Gasteiger partial charge < -0.3 is 18.8 Å². The first-order valence-electron chi connectivity index (χ1n) is 10.4. The molecule has 1 aliphatic heterocycles. The molecule has 1 saturated heterocycles. The highest BCUT2D eigenvalue weighted by Gasteiger charge is 2.32. The molecule has 1 fully saturated rings. The van der Waals surface area contributed by atoms with Crippen molar-refractivity contribution >= 4 is 15.9 Å². The molecule has 1 atom stereocenters. The van der Waals surface area contributed by atoms with Crippen LogP contribution in [0.1, 0.15) is 32.4 Å². The molecule has 0 spiro atoms. The molecule has 0 N–H and O–H groups in total. The molecular weight excluding hydrogens is 420 g/mol. The molecule has 3 rings (SSSR count). The van der Waals surface area contributed by atoms with E-state index in [-0.39, 0.29) is 30.0 Å². The lowest BCUT2D eigenvalue weighted by Gasteiger charge is -2.30. The molecule has 8 nitrogen and oxygen atoms in total. The lowest BCUT2D eigenvalue weighted by Crippen LogP contribution is -2.47. The lowest BCUT2D eigenvalue weighted by molar-refractivity contribution is -0.134. The summed E-state index contributed by atoms with van der Waals surface area (Å²) in [7, 11) is -2.35. The number of ether oxygens (including phenoxy) is 2. The van der Waals surface area contributed by atoms with Crippen molar-refractivity contribution in [3.8, 4) is 5.75 Å². The molecule has 1 aliphatic rings. The van der Waals surface area contributed by atoms with Crippen LogP contribution in [0.2, 0.25) is 0 Å². The number of rotatable bonds is 10.